The summed E-state index contributed by atoms with van der Waals surface area (Å²) in [4.78, 5) is 2.37. The number of rotatable bonds is 5. The van der Waals surface area contributed by atoms with Gasteiger partial charge in [0.15, 0.2) is 0 Å². The molecular formula is C18H29NO. The molecule has 1 aromatic rings. The Labute approximate surface area is 123 Å². The lowest BCUT2D eigenvalue weighted by atomic mass is 9.83. The molecule has 112 valence electrons. The number of likely N-dealkylation sites (N-methyl/N-ethyl adjacent to an activating group) is 1. The highest BCUT2D eigenvalue weighted by molar-refractivity contribution is 5.18. The molecule has 0 saturated heterocycles. The quantitative estimate of drug-likeness (QED) is 0.877. The molecule has 2 nitrogen and oxygen atoms in total. The molecule has 0 radical (unpaired) electrons. The molecule has 2 rings (SSSR count). The second kappa shape index (κ2) is 7.24. The molecule has 3 atom stereocenters. The summed E-state index contributed by atoms with van der Waals surface area (Å²) >= 11 is 0. The molecule has 0 amide bonds. The third-order valence-corrected chi connectivity index (χ3v) is 5.21. The molecule has 0 bridgehead atoms. The number of hydrogen-bond acceptors (Lipinski definition) is 2. The Kier molecular flexibility index (Phi) is 5.62. The van der Waals surface area contributed by atoms with Crippen LogP contribution in [0.1, 0.15) is 57.6 Å². The van der Waals surface area contributed by atoms with Gasteiger partial charge in [0.25, 0.3) is 0 Å². The number of benzene rings is 1. The molecule has 1 aliphatic rings. The van der Waals surface area contributed by atoms with E-state index in [-0.39, 0.29) is 6.04 Å². The molecule has 1 fully saturated rings. The molecule has 1 aromatic carbocycles. The summed E-state index contributed by atoms with van der Waals surface area (Å²) in [5.74, 6) is 0.791. The van der Waals surface area contributed by atoms with Gasteiger partial charge in [0.05, 0.1) is 6.10 Å². The average Bonchev–Trinajstić information content (AvgIpc) is 2.53. The van der Waals surface area contributed by atoms with E-state index in [2.05, 4.69) is 25.8 Å². The first-order chi connectivity index (χ1) is 9.61. The second-order valence-electron chi connectivity index (χ2n) is 6.40. The Balaban J connectivity index is 1.98. The minimum Gasteiger partial charge on any atom is -0.387 e. The van der Waals surface area contributed by atoms with Gasteiger partial charge in [0.1, 0.15) is 0 Å². The van der Waals surface area contributed by atoms with Crippen LogP contribution in [0.4, 0.5) is 0 Å². The lowest BCUT2D eigenvalue weighted by Gasteiger charge is -2.39. The molecule has 0 unspecified atom stereocenters. The zero-order valence-electron chi connectivity index (χ0n) is 13.1. The van der Waals surface area contributed by atoms with Gasteiger partial charge < -0.3 is 5.11 Å². The van der Waals surface area contributed by atoms with Crippen molar-refractivity contribution in [2.24, 2.45) is 5.92 Å². The topological polar surface area (TPSA) is 23.5 Å². The van der Waals surface area contributed by atoms with Gasteiger partial charge in [-0.15, -0.1) is 0 Å². The summed E-state index contributed by atoms with van der Waals surface area (Å²) < 4.78 is 0. The fraction of sp³-hybridized carbons (Fsp3) is 0.667. The highest BCUT2D eigenvalue weighted by Crippen LogP contribution is 2.31. The maximum absolute atomic E-state index is 10.6. The van der Waals surface area contributed by atoms with Crippen molar-refractivity contribution in [3.8, 4) is 0 Å². The van der Waals surface area contributed by atoms with E-state index in [9.17, 15) is 5.11 Å². The summed E-state index contributed by atoms with van der Waals surface area (Å²) in [7, 11) is 2.16. The van der Waals surface area contributed by atoms with Crippen molar-refractivity contribution in [2.75, 3.05) is 7.05 Å². The largest absolute Gasteiger partial charge is 0.387 e. The van der Waals surface area contributed by atoms with Crippen LogP contribution in [-0.4, -0.2) is 29.1 Å². The standard InChI is InChI=1S/C18H29NO/c1-14(16-10-6-4-7-11-16)19(3)15(2)18(20)17-12-8-5-9-13-17/h5,8-9,12-16,18,20H,4,6-7,10-11H2,1-3H3/t14-,15+,18-/m1/s1. The van der Waals surface area contributed by atoms with Crippen molar-refractivity contribution in [1.29, 1.82) is 0 Å². The Morgan fingerprint density at radius 2 is 1.65 bits per heavy atom. The van der Waals surface area contributed by atoms with E-state index in [1.165, 1.54) is 32.1 Å². The summed E-state index contributed by atoms with van der Waals surface area (Å²) in [6.07, 6.45) is 6.43. The van der Waals surface area contributed by atoms with Crippen molar-refractivity contribution in [3.05, 3.63) is 35.9 Å². The van der Waals surface area contributed by atoms with Crippen LogP contribution in [0.5, 0.6) is 0 Å². The minimum atomic E-state index is -0.410. The summed E-state index contributed by atoms with van der Waals surface area (Å²) in [5.41, 5.74) is 1.02. The SMILES string of the molecule is C[C@H](C1CCCCC1)N(C)[C@@H](C)[C@@H](O)c1ccccc1. The maximum Gasteiger partial charge on any atom is 0.0942 e. The van der Waals surface area contributed by atoms with Gasteiger partial charge in [-0.05, 0) is 45.2 Å². The normalized spacial score (nSPS) is 21.6. The number of nitrogens with zero attached hydrogens (tertiary/aromatic N) is 1. The summed E-state index contributed by atoms with van der Waals surface area (Å²) in [6, 6.07) is 10.7. The Bertz CT molecular complexity index is 386. The maximum atomic E-state index is 10.6. The van der Waals surface area contributed by atoms with E-state index in [1.54, 1.807) is 0 Å². The molecule has 20 heavy (non-hydrogen) atoms. The predicted octanol–water partition coefficient (Wildman–Crippen LogP) is 4.01. The smallest absolute Gasteiger partial charge is 0.0942 e. The van der Waals surface area contributed by atoms with Gasteiger partial charge in [-0.3, -0.25) is 4.90 Å². The third-order valence-electron chi connectivity index (χ3n) is 5.21. The van der Waals surface area contributed by atoms with E-state index in [4.69, 9.17) is 0 Å². The first-order valence-electron chi connectivity index (χ1n) is 8.06. The first-order valence-corrected chi connectivity index (χ1v) is 8.06. The number of aliphatic hydroxyl groups is 1. The van der Waals surface area contributed by atoms with Gasteiger partial charge in [0.2, 0.25) is 0 Å². The van der Waals surface area contributed by atoms with Crippen LogP contribution < -0.4 is 0 Å². The third kappa shape index (κ3) is 3.62. The Morgan fingerprint density at radius 1 is 1.05 bits per heavy atom. The molecule has 1 saturated carbocycles. The van der Waals surface area contributed by atoms with Crippen LogP contribution in [0.25, 0.3) is 0 Å². The first kappa shape index (κ1) is 15.5. The van der Waals surface area contributed by atoms with E-state index >= 15 is 0 Å². The highest BCUT2D eigenvalue weighted by Gasteiger charge is 2.29. The van der Waals surface area contributed by atoms with Crippen molar-refractivity contribution in [2.45, 2.75) is 64.1 Å². The monoisotopic (exact) mass is 275 g/mol. The van der Waals surface area contributed by atoms with Crippen LogP contribution >= 0.6 is 0 Å². The van der Waals surface area contributed by atoms with E-state index in [0.29, 0.717) is 6.04 Å². The molecule has 0 aromatic heterocycles. The highest BCUT2D eigenvalue weighted by atomic mass is 16.3. The number of aliphatic hydroxyl groups excluding tert-OH is 1. The van der Waals surface area contributed by atoms with Crippen LogP contribution in [0.2, 0.25) is 0 Å². The molecular weight excluding hydrogens is 246 g/mol. The summed E-state index contributed by atoms with van der Waals surface area (Å²) in [6.45, 7) is 4.46. The molecule has 0 spiro atoms. The van der Waals surface area contributed by atoms with Crippen molar-refractivity contribution in [3.63, 3.8) is 0 Å². The lowest BCUT2D eigenvalue weighted by Crippen LogP contribution is -2.44. The van der Waals surface area contributed by atoms with Crippen LogP contribution in [0, 0.1) is 5.92 Å². The number of hydrogen-bond donors (Lipinski definition) is 1. The fourth-order valence-electron chi connectivity index (χ4n) is 3.47. The Hall–Kier alpha value is -0.860. The minimum absolute atomic E-state index is 0.148. The second-order valence-corrected chi connectivity index (χ2v) is 6.40. The predicted molar refractivity (Wildman–Crippen MR) is 84.7 cm³/mol. The van der Waals surface area contributed by atoms with Crippen LogP contribution in [0.15, 0.2) is 30.3 Å². The van der Waals surface area contributed by atoms with Gasteiger partial charge >= 0.3 is 0 Å². The fourth-order valence-corrected chi connectivity index (χ4v) is 3.47. The zero-order valence-corrected chi connectivity index (χ0v) is 13.1. The molecule has 1 N–H and O–H groups in total. The zero-order chi connectivity index (χ0) is 14.5. The molecule has 2 heteroatoms. The van der Waals surface area contributed by atoms with Gasteiger partial charge in [0, 0.05) is 12.1 Å². The van der Waals surface area contributed by atoms with E-state index in [1.807, 2.05) is 30.3 Å². The van der Waals surface area contributed by atoms with Gasteiger partial charge in [-0.25, -0.2) is 0 Å². The molecule has 0 aliphatic heterocycles. The molecule has 1 aliphatic carbocycles. The average molecular weight is 275 g/mol. The van der Waals surface area contributed by atoms with Crippen molar-refractivity contribution in [1.82, 2.24) is 4.90 Å². The summed E-state index contributed by atoms with van der Waals surface area (Å²) in [5, 5.41) is 10.6. The lowest BCUT2D eigenvalue weighted by molar-refractivity contribution is 0.0314. The molecule has 0 heterocycles. The van der Waals surface area contributed by atoms with Crippen LogP contribution in [0.3, 0.4) is 0 Å². The van der Waals surface area contributed by atoms with E-state index < -0.39 is 6.10 Å². The van der Waals surface area contributed by atoms with Gasteiger partial charge in [-0.1, -0.05) is 49.6 Å². The van der Waals surface area contributed by atoms with Crippen molar-refractivity contribution >= 4 is 0 Å². The van der Waals surface area contributed by atoms with E-state index in [0.717, 1.165) is 11.5 Å². The van der Waals surface area contributed by atoms with Crippen LogP contribution in [-0.2, 0) is 0 Å². The van der Waals surface area contributed by atoms with Crippen molar-refractivity contribution < 1.29 is 5.11 Å². The Morgan fingerprint density at radius 3 is 2.25 bits per heavy atom. The van der Waals surface area contributed by atoms with Gasteiger partial charge in [-0.2, -0.15) is 0 Å².